The van der Waals surface area contributed by atoms with Gasteiger partial charge in [0.15, 0.2) is 0 Å². The molecule has 23 heavy (non-hydrogen) atoms. The van der Waals surface area contributed by atoms with Crippen molar-refractivity contribution < 1.29 is 14.5 Å². The summed E-state index contributed by atoms with van der Waals surface area (Å²) in [6.45, 7) is 5.55. The summed E-state index contributed by atoms with van der Waals surface area (Å²) >= 11 is 0. The number of pyridine rings is 1. The van der Waals surface area contributed by atoms with Crippen molar-refractivity contribution in [3.8, 4) is 5.75 Å². The number of hydrogen-bond donors (Lipinski definition) is 0. The molecule has 3 rings (SSSR count). The third-order valence-electron chi connectivity index (χ3n) is 4.02. The Bertz CT molecular complexity index is 652. The van der Waals surface area contributed by atoms with Crippen LogP contribution >= 0.6 is 0 Å². The van der Waals surface area contributed by atoms with E-state index in [0.717, 1.165) is 18.9 Å². The topological polar surface area (TPSA) is 46.9 Å². The number of ether oxygens (including phenoxy) is 1. The van der Waals surface area contributed by atoms with Gasteiger partial charge in [-0.3, -0.25) is 9.69 Å². The van der Waals surface area contributed by atoms with Crippen LogP contribution in [0.4, 0.5) is 5.82 Å². The molecule has 1 aliphatic heterocycles. The lowest BCUT2D eigenvalue weighted by Gasteiger charge is -2.31. The molecule has 1 fully saturated rings. The highest BCUT2D eigenvalue weighted by Crippen LogP contribution is 2.21. The van der Waals surface area contributed by atoms with E-state index in [9.17, 15) is 4.79 Å². The number of aromatic nitrogens is 1. The Morgan fingerprint density at radius 1 is 1.09 bits per heavy atom. The van der Waals surface area contributed by atoms with E-state index in [0.29, 0.717) is 31.0 Å². The second-order valence-electron chi connectivity index (χ2n) is 5.46. The normalized spacial score (nSPS) is 14.7. The van der Waals surface area contributed by atoms with Gasteiger partial charge in [0.25, 0.3) is 11.7 Å². The van der Waals surface area contributed by atoms with Gasteiger partial charge in [0.1, 0.15) is 18.8 Å². The summed E-state index contributed by atoms with van der Waals surface area (Å²) < 4.78 is 5.58. The first-order valence-electron chi connectivity index (χ1n) is 8.02. The molecule has 2 heterocycles. The lowest BCUT2D eigenvalue weighted by molar-refractivity contribution is -0.364. The van der Waals surface area contributed by atoms with Crippen LogP contribution in [0.15, 0.2) is 48.7 Å². The SMILES string of the molecule is CCOc1ccccc1C(=O)N1CCN(c2cccc[nH+]2)CC1. The van der Waals surface area contributed by atoms with Crippen molar-refractivity contribution in [2.24, 2.45) is 0 Å². The first-order chi connectivity index (χ1) is 11.3. The van der Waals surface area contributed by atoms with E-state index in [4.69, 9.17) is 4.74 Å². The molecule has 2 aromatic rings. The summed E-state index contributed by atoms with van der Waals surface area (Å²) in [6.07, 6.45) is 1.92. The molecular weight excluding hydrogens is 290 g/mol. The number of carbonyl (C=O) groups is 1. The van der Waals surface area contributed by atoms with Crippen LogP contribution in [0, 0.1) is 0 Å². The van der Waals surface area contributed by atoms with Crippen LogP contribution < -0.4 is 14.6 Å². The number of rotatable bonds is 4. The summed E-state index contributed by atoms with van der Waals surface area (Å²) in [5.74, 6) is 1.80. The minimum Gasteiger partial charge on any atom is -0.493 e. The van der Waals surface area contributed by atoms with Crippen molar-refractivity contribution in [2.75, 3.05) is 37.7 Å². The van der Waals surface area contributed by atoms with Crippen LogP contribution in [-0.2, 0) is 0 Å². The van der Waals surface area contributed by atoms with Gasteiger partial charge < -0.3 is 9.64 Å². The van der Waals surface area contributed by atoms with E-state index in [-0.39, 0.29) is 5.91 Å². The first-order valence-corrected chi connectivity index (χ1v) is 8.02. The van der Waals surface area contributed by atoms with Crippen LogP contribution in [0.25, 0.3) is 0 Å². The Balaban J connectivity index is 1.67. The van der Waals surface area contributed by atoms with Crippen LogP contribution in [-0.4, -0.2) is 43.6 Å². The number of piperazine rings is 1. The Kier molecular flexibility index (Phi) is 4.76. The standard InChI is InChI=1S/C18H21N3O2/c1-2-23-16-8-4-3-7-15(16)18(22)21-13-11-20(12-14-21)17-9-5-6-10-19-17/h3-10H,2,11-14H2,1H3/p+1. The number of anilines is 1. The molecule has 0 spiro atoms. The molecule has 1 aromatic carbocycles. The minimum absolute atomic E-state index is 0.0470. The van der Waals surface area contributed by atoms with Gasteiger partial charge in [0, 0.05) is 6.07 Å². The molecule has 0 unspecified atom stereocenters. The van der Waals surface area contributed by atoms with Gasteiger partial charge in [-0.05, 0) is 25.1 Å². The molecular formula is C18H22N3O2+. The maximum absolute atomic E-state index is 12.8. The fourth-order valence-corrected chi connectivity index (χ4v) is 2.83. The van der Waals surface area contributed by atoms with Gasteiger partial charge in [-0.2, -0.15) is 0 Å². The van der Waals surface area contributed by atoms with E-state index in [2.05, 4.69) is 16.0 Å². The van der Waals surface area contributed by atoms with E-state index >= 15 is 0 Å². The van der Waals surface area contributed by atoms with Gasteiger partial charge in [0.2, 0.25) is 0 Å². The highest BCUT2D eigenvalue weighted by Gasteiger charge is 2.27. The first kappa shape index (κ1) is 15.3. The van der Waals surface area contributed by atoms with Crippen LogP contribution in [0.2, 0.25) is 0 Å². The maximum Gasteiger partial charge on any atom is 0.274 e. The van der Waals surface area contributed by atoms with Crippen molar-refractivity contribution in [2.45, 2.75) is 6.92 Å². The van der Waals surface area contributed by atoms with Crippen LogP contribution in [0.1, 0.15) is 17.3 Å². The van der Waals surface area contributed by atoms with Gasteiger partial charge in [0.05, 0.1) is 31.5 Å². The Hall–Kier alpha value is -2.56. The van der Waals surface area contributed by atoms with Crippen LogP contribution in [0.3, 0.4) is 0 Å². The number of H-pyrrole nitrogens is 1. The molecule has 0 bridgehead atoms. The molecule has 1 saturated heterocycles. The second-order valence-corrected chi connectivity index (χ2v) is 5.46. The number of aromatic amines is 1. The molecule has 120 valence electrons. The monoisotopic (exact) mass is 312 g/mol. The zero-order chi connectivity index (χ0) is 16.1. The number of nitrogens with one attached hydrogen (secondary N) is 1. The number of carbonyl (C=O) groups excluding carboxylic acids is 1. The number of nitrogens with zero attached hydrogens (tertiary/aromatic N) is 2. The summed E-state index contributed by atoms with van der Waals surface area (Å²) in [5, 5.41) is 0. The number of para-hydroxylation sites is 1. The molecule has 0 saturated carbocycles. The quantitative estimate of drug-likeness (QED) is 0.866. The summed E-state index contributed by atoms with van der Waals surface area (Å²) in [4.78, 5) is 20.2. The average molecular weight is 312 g/mol. The largest absolute Gasteiger partial charge is 0.493 e. The third kappa shape index (κ3) is 3.44. The van der Waals surface area contributed by atoms with Gasteiger partial charge in [-0.15, -0.1) is 0 Å². The molecule has 5 heteroatoms. The molecule has 0 radical (unpaired) electrons. The summed E-state index contributed by atoms with van der Waals surface area (Å²) in [7, 11) is 0. The van der Waals surface area contributed by atoms with Gasteiger partial charge >= 0.3 is 0 Å². The molecule has 1 N–H and O–H groups in total. The van der Waals surface area contributed by atoms with Crippen LogP contribution in [0.5, 0.6) is 5.75 Å². The Labute approximate surface area is 136 Å². The zero-order valence-electron chi connectivity index (χ0n) is 13.4. The molecule has 0 atom stereocenters. The maximum atomic E-state index is 12.8. The fraction of sp³-hybridized carbons (Fsp3) is 0.333. The molecule has 1 aromatic heterocycles. The summed E-state index contributed by atoms with van der Waals surface area (Å²) in [5.41, 5.74) is 0.647. The smallest absolute Gasteiger partial charge is 0.274 e. The van der Waals surface area contributed by atoms with Crippen molar-refractivity contribution in [3.05, 3.63) is 54.2 Å². The van der Waals surface area contributed by atoms with Crippen molar-refractivity contribution >= 4 is 11.7 Å². The fourth-order valence-electron chi connectivity index (χ4n) is 2.83. The molecule has 1 amide bonds. The number of amides is 1. The van der Waals surface area contributed by atoms with Crippen molar-refractivity contribution in [1.29, 1.82) is 0 Å². The van der Waals surface area contributed by atoms with Crippen molar-refractivity contribution in [3.63, 3.8) is 0 Å². The summed E-state index contributed by atoms with van der Waals surface area (Å²) in [6, 6.07) is 13.5. The van der Waals surface area contributed by atoms with E-state index in [1.165, 1.54) is 0 Å². The zero-order valence-corrected chi connectivity index (χ0v) is 13.4. The highest BCUT2D eigenvalue weighted by molar-refractivity contribution is 5.97. The average Bonchev–Trinajstić information content (AvgIpc) is 2.63. The molecule has 1 aliphatic rings. The van der Waals surface area contributed by atoms with Crippen molar-refractivity contribution in [1.82, 2.24) is 4.90 Å². The van der Waals surface area contributed by atoms with Gasteiger partial charge in [-0.1, -0.05) is 18.2 Å². The lowest BCUT2D eigenvalue weighted by Crippen LogP contribution is -2.50. The predicted molar refractivity (Wildman–Crippen MR) is 88.7 cm³/mol. The Morgan fingerprint density at radius 3 is 2.52 bits per heavy atom. The number of benzene rings is 1. The molecule has 0 aliphatic carbocycles. The molecule has 5 nitrogen and oxygen atoms in total. The Morgan fingerprint density at radius 2 is 1.83 bits per heavy atom. The van der Waals surface area contributed by atoms with E-state index in [1.807, 2.05) is 54.4 Å². The highest BCUT2D eigenvalue weighted by atomic mass is 16.5. The van der Waals surface area contributed by atoms with Gasteiger partial charge in [-0.25, -0.2) is 4.98 Å². The third-order valence-corrected chi connectivity index (χ3v) is 4.02. The van der Waals surface area contributed by atoms with E-state index < -0.39 is 0 Å². The number of hydrogen-bond acceptors (Lipinski definition) is 3. The second kappa shape index (κ2) is 7.13. The predicted octanol–water partition coefficient (Wildman–Crippen LogP) is 1.86. The minimum atomic E-state index is 0.0470. The van der Waals surface area contributed by atoms with E-state index in [1.54, 1.807) is 0 Å². The lowest BCUT2D eigenvalue weighted by atomic mass is 10.1.